The maximum atomic E-state index is 13.1. The number of benzene rings is 2. The summed E-state index contributed by atoms with van der Waals surface area (Å²) in [4.78, 5) is 21.3. The lowest BCUT2D eigenvalue weighted by Gasteiger charge is -2.11. The molecule has 0 aliphatic carbocycles. The normalized spacial score (nSPS) is 11.1. The molecular formula is C23H23FN4OS. The third-order valence-corrected chi connectivity index (χ3v) is 6.06. The first kappa shape index (κ1) is 20.2. The highest BCUT2D eigenvalue weighted by molar-refractivity contribution is 7.18. The lowest BCUT2D eigenvalue weighted by Crippen LogP contribution is -2.26. The van der Waals surface area contributed by atoms with Gasteiger partial charge in [-0.1, -0.05) is 24.3 Å². The summed E-state index contributed by atoms with van der Waals surface area (Å²) in [7, 11) is 0. The van der Waals surface area contributed by atoms with E-state index in [9.17, 15) is 9.18 Å². The second kappa shape index (κ2) is 9.17. The lowest BCUT2D eigenvalue weighted by molar-refractivity contribution is -0.121. The van der Waals surface area contributed by atoms with Gasteiger partial charge in [0.15, 0.2) is 0 Å². The van der Waals surface area contributed by atoms with Gasteiger partial charge in [-0.05, 0) is 36.8 Å². The number of nitrogens with one attached hydrogen (secondary N) is 1. The number of imidazole rings is 1. The molecule has 2 aromatic carbocycles. The molecule has 0 saturated heterocycles. The first-order chi connectivity index (χ1) is 14.6. The van der Waals surface area contributed by atoms with Crippen molar-refractivity contribution in [2.24, 2.45) is 0 Å². The summed E-state index contributed by atoms with van der Waals surface area (Å²) in [6.07, 6.45) is 3.53. The summed E-state index contributed by atoms with van der Waals surface area (Å²) in [6, 6.07) is 14.5. The van der Waals surface area contributed by atoms with Gasteiger partial charge in [0.05, 0.1) is 15.2 Å². The van der Waals surface area contributed by atoms with Crippen LogP contribution < -0.4 is 5.32 Å². The summed E-state index contributed by atoms with van der Waals surface area (Å²) in [5.41, 5.74) is 3.04. The van der Waals surface area contributed by atoms with Gasteiger partial charge in [0, 0.05) is 44.2 Å². The van der Waals surface area contributed by atoms with E-state index in [-0.39, 0.29) is 11.7 Å². The predicted octanol–water partition coefficient (Wildman–Crippen LogP) is 4.28. The molecule has 2 heterocycles. The Kier molecular flexibility index (Phi) is 6.18. The second-order valence-electron chi connectivity index (χ2n) is 7.20. The molecule has 0 radical (unpaired) electrons. The van der Waals surface area contributed by atoms with Crippen LogP contribution in [0.15, 0.2) is 54.7 Å². The number of rotatable bonds is 8. The fourth-order valence-corrected chi connectivity index (χ4v) is 4.32. The number of thiazole rings is 1. The van der Waals surface area contributed by atoms with E-state index in [4.69, 9.17) is 0 Å². The van der Waals surface area contributed by atoms with Gasteiger partial charge in [-0.15, -0.1) is 11.3 Å². The van der Waals surface area contributed by atoms with Gasteiger partial charge in [0.1, 0.15) is 11.6 Å². The highest BCUT2D eigenvalue weighted by Gasteiger charge is 2.10. The van der Waals surface area contributed by atoms with Crippen LogP contribution in [-0.4, -0.2) is 27.0 Å². The largest absolute Gasteiger partial charge is 0.356 e. The molecular weight excluding hydrogens is 399 g/mol. The Hall–Kier alpha value is -3.06. The number of carbonyl (C=O) groups excluding carboxylic acids is 1. The van der Waals surface area contributed by atoms with Crippen molar-refractivity contribution in [3.63, 3.8) is 0 Å². The van der Waals surface area contributed by atoms with Crippen molar-refractivity contribution in [1.29, 1.82) is 0 Å². The molecule has 30 heavy (non-hydrogen) atoms. The average molecular weight is 423 g/mol. The van der Waals surface area contributed by atoms with Crippen LogP contribution in [0.1, 0.15) is 28.5 Å². The number of halogens is 1. The molecule has 7 heteroatoms. The standard InChI is InChI=1S/C23H23FN4OS/c1-16-14-26-21(28(16)15-17-6-8-18(24)9-7-17)12-13-25-22(29)10-11-23-27-19-4-2-3-5-20(19)30-23/h2-9,14H,10-13,15H2,1H3,(H,25,29). The van der Waals surface area contributed by atoms with Gasteiger partial charge < -0.3 is 9.88 Å². The van der Waals surface area contributed by atoms with E-state index in [2.05, 4.69) is 19.9 Å². The first-order valence-corrected chi connectivity index (χ1v) is 10.8. The number of hydrogen-bond donors (Lipinski definition) is 1. The lowest BCUT2D eigenvalue weighted by atomic mass is 10.2. The Bertz CT molecular complexity index is 1120. The zero-order chi connectivity index (χ0) is 20.9. The Balaban J connectivity index is 1.27. The minimum atomic E-state index is -0.241. The Morgan fingerprint density at radius 1 is 1.13 bits per heavy atom. The fourth-order valence-electron chi connectivity index (χ4n) is 3.35. The van der Waals surface area contributed by atoms with E-state index >= 15 is 0 Å². The Morgan fingerprint density at radius 3 is 2.73 bits per heavy atom. The van der Waals surface area contributed by atoms with Crippen LogP contribution in [0.4, 0.5) is 4.39 Å². The molecule has 5 nitrogen and oxygen atoms in total. The van der Waals surface area contributed by atoms with Gasteiger partial charge in [-0.2, -0.15) is 0 Å². The second-order valence-corrected chi connectivity index (χ2v) is 8.32. The molecule has 154 valence electrons. The number of carbonyl (C=O) groups is 1. The maximum Gasteiger partial charge on any atom is 0.220 e. The van der Waals surface area contributed by atoms with E-state index in [0.717, 1.165) is 32.3 Å². The van der Waals surface area contributed by atoms with E-state index in [1.54, 1.807) is 23.5 Å². The van der Waals surface area contributed by atoms with E-state index in [1.807, 2.05) is 37.4 Å². The maximum absolute atomic E-state index is 13.1. The quantitative estimate of drug-likeness (QED) is 0.461. The number of aromatic nitrogens is 3. The molecule has 0 unspecified atom stereocenters. The van der Waals surface area contributed by atoms with Crippen molar-refractivity contribution in [2.75, 3.05) is 6.54 Å². The molecule has 0 saturated carbocycles. The molecule has 0 atom stereocenters. The Morgan fingerprint density at radius 2 is 1.93 bits per heavy atom. The highest BCUT2D eigenvalue weighted by atomic mass is 32.1. The fraction of sp³-hybridized carbons (Fsp3) is 0.261. The monoisotopic (exact) mass is 422 g/mol. The smallest absolute Gasteiger partial charge is 0.220 e. The number of nitrogens with zero attached hydrogens (tertiary/aromatic N) is 3. The Labute approximate surface area is 178 Å². The minimum absolute atomic E-state index is 0.0163. The molecule has 4 aromatic rings. The van der Waals surface area contributed by atoms with E-state index in [0.29, 0.717) is 32.4 Å². The minimum Gasteiger partial charge on any atom is -0.356 e. The van der Waals surface area contributed by atoms with Crippen molar-refractivity contribution >= 4 is 27.5 Å². The van der Waals surface area contributed by atoms with Gasteiger partial charge in [-0.3, -0.25) is 4.79 Å². The van der Waals surface area contributed by atoms with Gasteiger partial charge in [0.25, 0.3) is 0 Å². The van der Waals surface area contributed by atoms with Crippen LogP contribution in [0, 0.1) is 12.7 Å². The average Bonchev–Trinajstić information content (AvgIpc) is 3.32. The number of fused-ring (bicyclic) bond motifs is 1. The van der Waals surface area contributed by atoms with Crippen LogP contribution in [-0.2, 0) is 24.2 Å². The van der Waals surface area contributed by atoms with Crippen molar-refractivity contribution in [1.82, 2.24) is 19.9 Å². The molecule has 0 aliphatic rings. The number of aryl methyl sites for hydroxylation is 2. The van der Waals surface area contributed by atoms with Crippen molar-refractivity contribution < 1.29 is 9.18 Å². The molecule has 1 amide bonds. The van der Waals surface area contributed by atoms with Crippen molar-refractivity contribution in [3.05, 3.63) is 82.6 Å². The number of hydrogen-bond acceptors (Lipinski definition) is 4. The van der Waals surface area contributed by atoms with Crippen LogP contribution in [0.25, 0.3) is 10.2 Å². The van der Waals surface area contributed by atoms with E-state index < -0.39 is 0 Å². The topological polar surface area (TPSA) is 59.8 Å². The third kappa shape index (κ3) is 4.91. The number of para-hydroxylation sites is 1. The zero-order valence-electron chi connectivity index (χ0n) is 16.8. The molecule has 0 fully saturated rings. The SMILES string of the molecule is Cc1cnc(CCNC(=O)CCc2nc3ccccc3s2)n1Cc1ccc(F)cc1. The van der Waals surface area contributed by atoms with Crippen LogP contribution in [0.2, 0.25) is 0 Å². The van der Waals surface area contributed by atoms with Crippen LogP contribution >= 0.6 is 11.3 Å². The molecule has 0 bridgehead atoms. The summed E-state index contributed by atoms with van der Waals surface area (Å²) in [5, 5.41) is 3.96. The van der Waals surface area contributed by atoms with Gasteiger partial charge in [-0.25, -0.2) is 14.4 Å². The van der Waals surface area contributed by atoms with Crippen molar-refractivity contribution in [3.8, 4) is 0 Å². The zero-order valence-corrected chi connectivity index (χ0v) is 17.6. The van der Waals surface area contributed by atoms with Crippen molar-refractivity contribution in [2.45, 2.75) is 32.7 Å². The highest BCUT2D eigenvalue weighted by Crippen LogP contribution is 2.22. The van der Waals surface area contributed by atoms with Gasteiger partial charge >= 0.3 is 0 Å². The molecule has 2 aromatic heterocycles. The van der Waals surface area contributed by atoms with E-state index in [1.165, 1.54) is 12.1 Å². The molecule has 4 rings (SSSR count). The molecule has 0 aliphatic heterocycles. The first-order valence-electron chi connectivity index (χ1n) is 9.95. The van der Waals surface area contributed by atoms with Crippen LogP contribution in [0.3, 0.4) is 0 Å². The van der Waals surface area contributed by atoms with Crippen LogP contribution in [0.5, 0.6) is 0 Å². The van der Waals surface area contributed by atoms with Gasteiger partial charge in [0.2, 0.25) is 5.91 Å². The summed E-state index contributed by atoms with van der Waals surface area (Å²) in [6.45, 7) is 3.15. The summed E-state index contributed by atoms with van der Waals surface area (Å²) in [5.74, 6) is 0.681. The summed E-state index contributed by atoms with van der Waals surface area (Å²) >= 11 is 1.64. The third-order valence-electron chi connectivity index (χ3n) is 4.97. The summed E-state index contributed by atoms with van der Waals surface area (Å²) < 4.78 is 16.4. The number of amides is 1. The molecule has 1 N–H and O–H groups in total. The predicted molar refractivity (Wildman–Crippen MR) is 117 cm³/mol. The molecule has 0 spiro atoms.